The number of anilines is 1. The van der Waals surface area contributed by atoms with Crippen LogP contribution in [-0.4, -0.2) is 22.4 Å². The van der Waals surface area contributed by atoms with Gasteiger partial charge in [-0.25, -0.2) is 8.78 Å². The highest BCUT2D eigenvalue weighted by Gasteiger charge is 2.19. The number of aryl methyl sites for hydroxylation is 1. The van der Waals surface area contributed by atoms with Crippen LogP contribution in [0.2, 0.25) is 9.36 Å². The lowest BCUT2D eigenvalue weighted by molar-refractivity contribution is 0.506. The van der Waals surface area contributed by atoms with Gasteiger partial charge < -0.3 is 11.1 Å². The van der Waals surface area contributed by atoms with E-state index in [1.54, 1.807) is 16.9 Å². The number of benzene rings is 1. The lowest BCUT2D eigenvalue weighted by Gasteiger charge is -2.17. The molecule has 9 heteroatoms. The number of rotatable bonds is 7. The molecule has 144 valence electrons. The fourth-order valence-corrected chi connectivity index (χ4v) is 4.31. The molecule has 1 aromatic carbocycles. The molecule has 4 nitrogen and oxygen atoms in total. The molecule has 2 aromatic heterocycles. The molecule has 0 spiro atoms. The quantitative estimate of drug-likeness (QED) is 0.541. The molecule has 27 heavy (non-hydrogen) atoms. The molecule has 0 fully saturated rings. The van der Waals surface area contributed by atoms with Crippen LogP contribution in [0.25, 0.3) is 11.3 Å². The average Bonchev–Trinajstić information content (AvgIpc) is 3.19. The Morgan fingerprint density at radius 2 is 2.04 bits per heavy atom. The van der Waals surface area contributed by atoms with Gasteiger partial charge in [-0.2, -0.15) is 5.10 Å². The van der Waals surface area contributed by atoms with Gasteiger partial charge in [-0.15, -0.1) is 11.3 Å². The van der Waals surface area contributed by atoms with Crippen molar-refractivity contribution in [3.8, 4) is 11.3 Å². The molecule has 0 saturated carbocycles. The van der Waals surface area contributed by atoms with E-state index in [9.17, 15) is 8.78 Å². The molecule has 0 radical (unpaired) electrons. The van der Waals surface area contributed by atoms with Crippen molar-refractivity contribution in [1.82, 2.24) is 9.78 Å². The summed E-state index contributed by atoms with van der Waals surface area (Å²) in [6.45, 7) is 2.95. The predicted molar refractivity (Wildman–Crippen MR) is 108 cm³/mol. The standard InChI is InChI=1S/C18H18Cl2F2N4S/c1-2-26-17(13(19)9-24-26)12-7-16(27-18(12)20)25-11(8-23)5-10-3-4-14(21)15(22)6-10/h3-4,6-7,9,11,25H,2,5,8,23H2,1H3/t11-/m0/s1. The van der Waals surface area contributed by atoms with Crippen molar-refractivity contribution in [3.63, 3.8) is 0 Å². The lowest BCUT2D eigenvalue weighted by Crippen LogP contribution is -2.30. The highest BCUT2D eigenvalue weighted by molar-refractivity contribution is 7.20. The van der Waals surface area contributed by atoms with Crippen molar-refractivity contribution < 1.29 is 8.78 Å². The summed E-state index contributed by atoms with van der Waals surface area (Å²) < 4.78 is 28.9. The summed E-state index contributed by atoms with van der Waals surface area (Å²) in [4.78, 5) is 0. The van der Waals surface area contributed by atoms with E-state index in [4.69, 9.17) is 28.9 Å². The zero-order valence-electron chi connectivity index (χ0n) is 14.5. The van der Waals surface area contributed by atoms with Gasteiger partial charge in [-0.05, 0) is 37.1 Å². The van der Waals surface area contributed by atoms with Gasteiger partial charge in [-0.1, -0.05) is 29.3 Å². The number of aromatic nitrogens is 2. The molecule has 0 amide bonds. The first-order valence-corrected chi connectivity index (χ1v) is 9.91. The van der Waals surface area contributed by atoms with Crippen molar-refractivity contribution in [1.29, 1.82) is 0 Å². The van der Waals surface area contributed by atoms with Crippen molar-refractivity contribution in [3.05, 3.63) is 57.0 Å². The predicted octanol–water partition coefficient (Wildman–Crippen LogP) is 5.20. The summed E-state index contributed by atoms with van der Waals surface area (Å²) in [6.07, 6.45) is 2.04. The van der Waals surface area contributed by atoms with Crippen LogP contribution in [0.15, 0.2) is 30.5 Å². The molecule has 0 aliphatic rings. The second-order valence-electron chi connectivity index (χ2n) is 5.98. The SMILES string of the molecule is CCn1ncc(Cl)c1-c1cc(N[C@H](CN)Cc2ccc(F)c(F)c2)sc1Cl. The van der Waals surface area contributed by atoms with Gasteiger partial charge in [0.25, 0.3) is 0 Å². The molecular weight excluding hydrogens is 413 g/mol. The molecule has 0 saturated heterocycles. The fraction of sp³-hybridized carbons (Fsp3) is 0.278. The number of thiophene rings is 1. The molecule has 3 N–H and O–H groups in total. The summed E-state index contributed by atoms with van der Waals surface area (Å²) in [7, 11) is 0. The zero-order chi connectivity index (χ0) is 19.6. The third-order valence-electron chi connectivity index (χ3n) is 4.13. The fourth-order valence-electron chi connectivity index (χ4n) is 2.82. The first kappa shape index (κ1) is 20.1. The molecular formula is C18H18Cl2F2N4S. The number of hydrogen-bond acceptors (Lipinski definition) is 4. The summed E-state index contributed by atoms with van der Waals surface area (Å²) in [5.74, 6) is -1.73. The minimum absolute atomic E-state index is 0.163. The summed E-state index contributed by atoms with van der Waals surface area (Å²) in [5, 5.41) is 8.89. The van der Waals surface area contributed by atoms with Crippen LogP contribution >= 0.6 is 34.5 Å². The van der Waals surface area contributed by atoms with E-state index in [2.05, 4.69) is 10.4 Å². The molecule has 0 aliphatic heterocycles. The smallest absolute Gasteiger partial charge is 0.159 e. The van der Waals surface area contributed by atoms with Crippen LogP contribution in [0.4, 0.5) is 13.8 Å². The van der Waals surface area contributed by atoms with Crippen LogP contribution in [-0.2, 0) is 13.0 Å². The zero-order valence-corrected chi connectivity index (χ0v) is 16.8. The number of nitrogens with one attached hydrogen (secondary N) is 1. The lowest BCUT2D eigenvalue weighted by atomic mass is 10.1. The Balaban J connectivity index is 1.80. The van der Waals surface area contributed by atoms with Crippen LogP contribution in [0, 0.1) is 11.6 Å². The second kappa shape index (κ2) is 8.56. The van der Waals surface area contributed by atoms with E-state index >= 15 is 0 Å². The highest BCUT2D eigenvalue weighted by Crippen LogP contribution is 2.41. The first-order chi connectivity index (χ1) is 12.9. The Kier molecular flexibility index (Phi) is 6.37. The molecule has 1 atom stereocenters. The van der Waals surface area contributed by atoms with Crippen LogP contribution < -0.4 is 11.1 Å². The van der Waals surface area contributed by atoms with Gasteiger partial charge >= 0.3 is 0 Å². The number of nitrogens with two attached hydrogens (primary N) is 1. The van der Waals surface area contributed by atoms with Crippen molar-refractivity contribution >= 4 is 39.5 Å². The Bertz CT molecular complexity index is 942. The molecule has 0 aliphatic carbocycles. The number of halogens is 4. The Morgan fingerprint density at radius 1 is 1.26 bits per heavy atom. The van der Waals surface area contributed by atoms with E-state index < -0.39 is 11.6 Å². The second-order valence-corrected chi connectivity index (χ2v) is 8.05. The van der Waals surface area contributed by atoms with Crippen molar-refractivity contribution in [2.75, 3.05) is 11.9 Å². The Hall–Kier alpha value is -1.67. The molecule has 3 aromatic rings. The minimum Gasteiger partial charge on any atom is -0.373 e. The van der Waals surface area contributed by atoms with Crippen LogP contribution in [0.1, 0.15) is 12.5 Å². The molecule has 2 heterocycles. The van der Waals surface area contributed by atoms with Gasteiger partial charge in [-0.3, -0.25) is 4.68 Å². The molecule has 0 bridgehead atoms. The summed E-state index contributed by atoms with van der Waals surface area (Å²) >= 11 is 14.0. The van der Waals surface area contributed by atoms with E-state index in [1.807, 2.05) is 13.0 Å². The minimum atomic E-state index is -0.868. The molecule has 3 rings (SSSR count). The van der Waals surface area contributed by atoms with E-state index in [0.29, 0.717) is 34.4 Å². The average molecular weight is 431 g/mol. The summed E-state index contributed by atoms with van der Waals surface area (Å²) in [5.41, 5.74) is 8.06. The number of nitrogens with zero attached hydrogens (tertiary/aromatic N) is 2. The van der Waals surface area contributed by atoms with E-state index in [-0.39, 0.29) is 6.04 Å². The van der Waals surface area contributed by atoms with Crippen molar-refractivity contribution in [2.45, 2.75) is 25.9 Å². The maximum absolute atomic E-state index is 13.4. The normalized spacial score (nSPS) is 12.4. The van der Waals surface area contributed by atoms with Gasteiger partial charge in [0.1, 0.15) is 4.34 Å². The first-order valence-electron chi connectivity index (χ1n) is 8.34. The van der Waals surface area contributed by atoms with Gasteiger partial charge in [0.15, 0.2) is 11.6 Å². The number of hydrogen-bond donors (Lipinski definition) is 2. The molecule has 0 unspecified atom stereocenters. The summed E-state index contributed by atoms with van der Waals surface area (Å²) in [6, 6.07) is 5.59. The third-order valence-corrected chi connectivity index (χ3v) is 5.70. The Morgan fingerprint density at radius 3 is 2.70 bits per heavy atom. The van der Waals surface area contributed by atoms with Gasteiger partial charge in [0.2, 0.25) is 0 Å². The van der Waals surface area contributed by atoms with Crippen molar-refractivity contribution in [2.24, 2.45) is 5.73 Å². The van der Waals surface area contributed by atoms with Gasteiger partial charge in [0, 0.05) is 24.7 Å². The topological polar surface area (TPSA) is 55.9 Å². The maximum atomic E-state index is 13.4. The maximum Gasteiger partial charge on any atom is 0.159 e. The van der Waals surface area contributed by atoms with E-state index in [1.165, 1.54) is 17.4 Å². The van der Waals surface area contributed by atoms with Gasteiger partial charge in [0.05, 0.1) is 21.9 Å². The highest BCUT2D eigenvalue weighted by atomic mass is 35.5. The monoisotopic (exact) mass is 430 g/mol. The third kappa shape index (κ3) is 4.43. The Labute approximate surface area is 169 Å². The largest absolute Gasteiger partial charge is 0.373 e. The van der Waals surface area contributed by atoms with Crippen LogP contribution in [0.5, 0.6) is 0 Å². The van der Waals surface area contributed by atoms with Crippen LogP contribution in [0.3, 0.4) is 0 Å². The van der Waals surface area contributed by atoms with E-state index in [0.717, 1.165) is 22.3 Å².